The number of hydrogen-bond donors (Lipinski definition) is 1. The third kappa shape index (κ3) is 2.14. The molecule has 3 rings (SSSR count). The minimum atomic E-state index is 0.0845. The number of rotatable bonds is 1. The molecule has 0 saturated carbocycles. The number of ether oxygens (including phenoxy) is 1. The lowest BCUT2D eigenvalue weighted by atomic mass is 9.83. The quantitative estimate of drug-likeness (QED) is 0.840. The largest absolute Gasteiger partial charge is 0.487 e. The second-order valence-electron chi connectivity index (χ2n) is 5.48. The molecule has 98 valence electrons. The van der Waals surface area contributed by atoms with Crippen LogP contribution in [0.3, 0.4) is 0 Å². The fraction of sp³-hybridized carbons (Fsp3) is 0.600. The van der Waals surface area contributed by atoms with E-state index in [9.17, 15) is 0 Å². The van der Waals surface area contributed by atoms with E-state index < -0.39 is 0 Å². The van der Waals surface area contributed by atoms with Crippen LogP contribution in [0.2, 0.25) is 0 Å². The Hall–Kier alpha value is -0.670. The van der Waals surface area contributed by atoms with Crippen molar-refractivity contribution in [3.8, 4) is 5.75 Å². The van der Waals surface area contributed by atoms with Crippen molar-refractivity contribution < 1.29 is 4.74 Å². The fourth-order valence-corrected chi connectivity index (χ4v) is 4.33. The Balaban J connectivity index is 1.96. The molecule has 1 aromatic rings. The number of hydrogen-bond acceptors (Lipinski definition) is 3. The van der Waals surface area contributed by atoms with Crippen molar-refractivity contribution in [2.75, 3.05) is 18.6 Å². The second kappa shape index (κ2) is 4.78. The minimum absolute atomic E-state index is 0.0845. The van der Waals surface area contributed by atoms with Crippen LogP contribution in [0.4, 0.5) is 0 Å². The predicted octanol–water partition coefficient (Wildman–Crippen LogP) is 3.30. The van der Waals surface area contributed by atoms with E-state index in [-0.39, 0.29) is 5.60 Å². The standard InChI is InChI=1S/C15H21NOS/c1-11-3-4-14-12(9-11)13(16-2)10-15(17-14)5-7-18-8-6-15/h3-4,9,13,16H,5-8,10H2,1-2H3. The van der Waals surface area contributed by atoms with Crippen molar-refractivity contribution in [3.05, 3.63) is 29.3 Å². The van der Waals surface area contributed by atoms with Gasteiger partial charge in [-0.05, 0) is 44.4 Å². The maximum absolute atomic E-state index is 6.39. The van der Waals surface area contributed by atoms with Gasteiger partial charge in [0.25, 0.3) is 0 Å². The smallest absolute Gasteiger partial charge is 0.124 e. The summed E-state index contributed by atoms with van der Waals surface area (Å²) >= 11 is 2.05. The summed E-state index contributed by atoms with van der Waals surface area (Å²) in [6.07, 6.45) is 3.48. The van der Waals surface area contributed by atoms with E-state index in [0.717, 1.165) is 12.2 Å². The van der Waals surface area contributed by atoms with Crippen LogP contribution in [-0.4, -0.2) is 24.2 Å². The van der Waals surface area contributed by atoms with E-state index in [0.29, 0.717) is 6.04 Å². The predicted molar refractivity (Wildman–Crippen MR) is 77.5 cm³/mol. The van der Waals surface area contributed by atoms with Gasteiger partial charge >= 0.3 is 0 Å². The Morgan fingerprint density at radius 1 is 1.33 bits per heavy atom. The van der Waals surface area contributed by atoms with Gasteiger partial charge < -0.3 is 10.1 Å². The molecular weight excluding hydrogens is 242 g/mol. The normalized spacial score (nSPS) is 25.6. The van der Waals surface area contributed by atoms with E-state index >= 15 is 0 Å². The topological polar surface area (TPSA) is 21.3 Å². The molecule has 0 bridgehead atoms. The summed E-state index contributed by atoms with van der Waals surface area (Å²) in [7, 11) is 2.06. The molecule has 18 heavy (non-hydrogen) atoms. The molecule has 1 fully saturated rings. The zero-order chi connectivity index (χ0) is 12.6. The van der Waals surface area contributed by atoms with Crippen molar-refractivity contribution in [2.45, 2.75) is 37.8 Å². The molecule has 1 saturated heterocycles. The molecule has 3 heteroatoms. The number of nitrogens with one attached hydrogen (secondary N) is 1. The highest BCUT2D eigenvalue weighted by Crippen LogP contribution is 2.45. The molecule has 0 aliphatic carbocycles. The van der Waals surface area contributed by atoms with Gasteiger partial charge in [0.15, 0.2) is 0 Å². The Bertz CT molecular complexity index is 440. The number of thioether (sulfide) groups is 1. The van der Waals surface area contributed by atoms with Gasteiger partial charge in [-0.1, -0.05) is 17.7 Å². The SMILES string of the molecule is CNC1CC2(CCSCC2)Oc2ccc(C)cc21. The molecule has 2 nitrogen and oxygen atoms in total. The maximum Gasteiger partial charge on any atom is 0.124 e. The average Bonchev–Trinajstić information content (AvgIpc) is 2.39. The van der Waals surface area contributed by atoms with Crippen LogP contribution < -0.4 is 10.1 Å². The molecule has 2 aliphatic rings. The van der Waals surface area contributed by atoms with E-state index in [1.807, 2.05) is 0 Å². The van der Waals surface area contributed by atoms with Crippen LogP contribution in [0.15, 0.2) is 18.2 Å². The Labute approximate surface area is 113 Å². The van der Waals surface area contributed by atoms with Gasteiger partial charge in [-0.3, -0.25) is 0 Å². The molecular formula is C15H21NOS. The summed E-state index contributed by atoms with van der Waals surface area (Å²) in [4.78, 5) is 0. The third-order valence-electron chi connectivity index (χ3n) is 4.20. The lowest BCUT2D eigenvalue weighted by Crippen LogP contribution is -2.46. The zero-order valence-corrected chi connectivity index (χ0v) is 12.0. The van der Waals surface area contributed by atoms with Gasteiger partial charge in [-0.15, -0.1) is 0 Å². The van der Waals surface area contributed by atoms with E-state index in [2.05, 4.69) is 49.2 Å². The van der Waals surface area contributed by atoms with Crippen LogP contribution in [0.5, 0.6) is 5.75 Å². The lowest BCUT2D eigenvalue weighted by Gasteiger charge is -2.44. The monoisotopic (exact) mass is 263 g/mol. The lowest BCUT2D eigenvalue weighted by molar-refractivity contribution is 0.0236. The molecule has 1 atom stereocenters. The molecule has 0 radical (unpaired) electrons. The average molecular weight is 263 g/mol. The molecule has 2 aliphatic heterocycles. The molecule has 0 amide bonds. The van der Waals surface area contributed by atoms with Gasteiger partial charge in [0.1, 0.15) is 11.4 Å². The van der Waals surface area contributed by atoms with Crippen LogP contribution in [0.1, 0.15) is 36.4 Å². The molecule has 0 aromatic heterocycles. The second-order valence-corrected chi connectivity index (χ2v) is 6.71. The molecule has 1 unspecified atom stereocenters. The highest BCUT2D eigenvalue weighted by molar-refractivity contribution is 7.99. The third-order valence-corrected chi connectivity index (χ3v) is 5.18. The first kappa shape index (κ1) is 12.4. The van der Waals surface area contributed by atoms with E-state index in [1.54, 1.807) is 0 Å². The minimum Gasteiger partial charge on any atom is -0.487 e. The van der Waals surface area contributed by atoms with Crippen molar-refractivity contribution in [1.82, 2.24) is 5.32 Å². The summed E-state index contributed by atoms with van der Waals surface area (Å²) in [5, 5.41) is 3.47. The number of benzene rings is 1. The van der Waals surface area contributed by atoms with Gasteiger partial charge in [-0.25, -0.2) is 0 Å². The first-order chi connectivity index (χ1) is 8.72. The van der Waals surface area contributed by atoms with Crippen LogP contribution in [-0.2, 0) is 0 Å². The van der Waals surface area contributed by atoms with Crippen molar-refractivity contribution in [2.24, 2.45) is 0 Å². The van der Waals surface area contributed by atoms with Crippen molar-refractivity contribution in [3.63, 3.8) is 0 Å². The van der Waals surface area contributed by atoms with Crippen molar-refractivity contribution in [1.29, 1.82) is 0 Å². The zero-order valence-electron chi connectivity index (χ0n) is 11.2. The van der Waals surface area contributed by atoms with E-state index in [4.69, 9.17) is 4.74 Å². The molecule has 2 heterocycles. The molecule has 1 aromatic carbocycles. The Kier molecular flexibility index (Phi) is 3.29. The van der Waals surface area contributed by atoms with Gasteiger partial charge in [-0.2, -0.15) is 11.8 Å². The highest BCUT2D eigenvalue weighted by atomic mass is 32.2. The van der Waals surface area contributed by atoms with Crippen molar-refractivity contribution >= 4 is 11.8 Å². The summed E-state index contributed by atoms with van der Waals surface area (Å²) in [6, 6.07) is 7.01. The summed E-state index contributed by atoms with van der Waals surface area (Å²) in [5.74, 6) is 3.56. The Morgan fingerprint density at radius 3 is 2.83 bits per heavy atom. The summed E-state index contributed by atoms with van der Waals surface area (Å²) < 4.78 is 6.39. The van der Waals surface area contributed by atoms with E-state index in [1.165, 1.54) is 35.5 Å². The maximum atomic E-state index is 6.39. The van der Waals surface area contributed by atoms with Crippen LogP contribution in [0, 0.1) is 6.92 Å². The Morgan fingerprint density at radius 2 is 2.11 bits per heavy atom. The molecule has 1 N–H and O–H groups in total. The first-order valence-electron chi connectivity index (χ1n) is 6.77. The van der Waals surface area contributed by atoms with Crippen LogP contribution in [0.25, 0.3) is 0 Å². The first-order valence-corrected chi connectivity index (χ1v) is 7.92. The number of aryl methyl sites for hydroxylation is 1. The summed E-state index contributed by atoms with van der Waals surface area (Å²) in [6.45, 7) is 2.15. The van der Waals surface area contributed by atoms with Crippen LogP contribution >= 0.6 is 11.8 Å². The van der Waals surface area contributed by atoms with Gasteiger partial charge in [0.2, 0.25) is 0 Å². The number of fused-ring (bicyclic) bond motifs is 1. The summed E-state index contributed by atoms with van der Waals surface area (Å²) in [5.41, 5.74) is 2.73. The molecule has 1 spiro atoms. The highest BCUT2D eigenvalue weighted by Gasteiger charge is 2.41. The van der Waals surface area contributed by atoms with Gasteiger partial charge in [0, 0.05) is 18.0 Å². The fourth-order valence-electron chi connectivity index (χ4n) is 3.10. The van der Waals surface area contributed by atoms with Gasteiger partial charge in [0.05, 0.1) is 0 Å².